The predicted octanol–water partition coefficient (Wildman–Crippen LogP) is 3.77. The van der Waals surface area contributed by atoms with Crippen LogP contribution in [-0.4, -0.2) is 88.7 Å². The highest BCUT2D eigenvalue weighted by molar-refractivity contribution is 6.38. The minimum absolute atomic E-state index is 0.0532. The van der Waals surface area contributed by atoms with Crippen molar-refractivity contribution in [1.29, 1.82) is 0 Å². The summed E-state index contributed by atoms with van der Waals surface area (Å²) in [4.78, 5) is 70.1. The largest absolute Gasteiger partial charge is 0.420 e. The van der Waals surface area contributed by atoms with Crippen molar-refractivity contribution in [3.8, 4) is 0 Å². The number of Topliss-reactive ketones (excluding diaryl/α,β-unsaturated/α-hetero) is 1. The van der Waals surface area contributed by atoms with Gasteiger partial charge in [-0.25, -0.2) is 4.79 Å². The third-order valence-corrected chi connectivity index (χ3v) is 10.1. The van der Waals surface area contributed by atoms with Crippen molar-refractivity contribution in [3.05, 3.63) is 48.0 Å². The Morgan fingerprint density at radius 1 is 0.962 bits per heavy atom. The maximum absolute atomic E-state index is 14.9. The standard InChI is InChI=1S/C40H63N5O7/c1-12-16-28(31(46)34(48)41-19-13-2)42-33(47)29-22-27(38(3,4)5)23-45(29)35(49)30(26-20-24-17-14-15-18-25(24)21-26)43-37(51)44-32(39(6,7)8)36(50)52-40(9,10)11/h13-15,17-18,26-30,32,36,50H,2,12,16,19-23H2,1,3-11H3,(H,41,48)(H,42,47)(H2,43,44,51)/p+1/t27-,28?,29+,30+,32-,36?/m1/s1. The maximum Gasteiger partial charge on any atom is 0.316 e. The third kappa shape index (κ3) is 11.4. The lowest BCUT2D eigenvalue weighted by molar-refractivity contribution is -0.191. The first kappa shape index (κ1) is 42.6. The van der Waals surface area contributed by atoms with Crippen LogP contribution in [0.2, 0.25) is 0 Å². The van der Waals surface area contributed by atoms with Gasteiger partial charge in [0, 0.05) is 13.1 Å². The molecule has 290 valence electrons. The molecular weight excluding hydrogens is 662 g/mol. The van der Waals surface area contributed by atoms with Gasteiger partial charge in [-0.2, -0.15) is 0 Å². The number of amides is 5. The fourth-order valence-corrected chi connectivity index (χ4v) is 7.10. The molecule has 2 unspecified atom stereocenters. The first-order valence-electron chi connectivity index (χ1n) is 18.6. The number of likely N-dealkylation sites (tertiary alicyclic amines) is 1. The number of urea groups is 1. The van der Waals surface area contributed by atoms with Crippen LogP contribution in [0.3, 0.4) is 0 Å². The molecule has 0 spiro atoms. The molecule has 12 nitrogen and oxygen atoms in total. The van der Waals surface area contributed by atoms with E-state index in [1.165, 1.54) is 6.08 Å². The number of benzene rings is 1. The molecular formula is C40H64N5O7+. The number of rotatable bonds is 14. The summed E-state index contributed by atoms with van der Waals surface area (Å²) >= 11 is 0. The summed E-state index contributed by atoms with van der Waals surface area (Å²) in [5.74, 6) is -2.80. The van der Waals surface area contributed by atoms with Gasteiger partial charge >= 0.3 is 6.03 Å². The zero-order chi connectivity index (χ0) is 39.2. The summed E-state index contributed by atoms with van der Waals surface area (Å²) in [5, 5.41) is 20.0. The smallest absolute Gasteiger partial charge is 0.316 e. The average Bonchev–Trinajstić information content (AvgIpc) is 3.68. The van der Waals surface area contributed by atoms with Gasteiger partial charge < -0.3 is 36.0 Å². The molecule has 1 aliphatic heterocycles. The minimum atomic E-state index is -1.08. The molecule has 6 N–H and O–H groups in total. The highest BCUT2D eigenvalue weighted by atomic mass is 16.6. The Hall–Kier alpha value is -3.77. The van der Waals surface area contributed by atoms with E-state index >= 15 is 0 Å². The molecule has 52 heavy (non-hydrogen) atoms. The molecule has 3 rings (SSSR count). The van der Waals surface area contributed by atoms with Crippen LogP contribution < -0.4 is 21.3 Å². The number of ether oxygens (including phenoxy) is 1. The van der Waals surface area contributed by atoms with E-state index in [0.717, 1.165) is 11.1 Å². The third-order valence-electron chi connectivity index (χ3n) is 10.1. The van der Waals surface area contributed by atoms with Crippen LogP contribution in [0.1, 0.15) is 99.6 Å². The summed E-state index contributed by atoms with van der Waals surface area (Å²) in [7, 11) is 0. The SMILES string of the molecule is C=CCNC(=O)C(=O)C(CCC)NC(=O)[C@@H]1C[C@@H](C(C)(C)C)CN1C(=O)[C@@H](NC(=O)N[C@H](C([OH2+])OC(C)(C)C)C(C)(C)C)C1Cc2ccccc2C1. The molecule has 6 atom stereocenters. The molecule has 1 aromatic carbocycles. The lowest BCUT2D eigenvalue weighted by Gasteiger charge is -2.36. The van der Waals surface area contributed by atoms with E-state index in [0.29, 0.717) is 25.7 Å². The van der Waals surface area contributed by atoms with Gasteiger partial charge in [-0.15, -0.1) is 6.58 Å². The minimum Gasteiger partial charge on any atom is -0.420 e. The molecule has 0 saturated carbocycles. The second-order valence-corrected chi connectivity index (χ2v) is 17.5. The first-order valence-corrected chi connectivity index (χ1v) is 18.6. The van der Waals surface area contributed by atoms with Crippen molar-refractivity contribution in [3.63, 3.8) is 0 Å². The monoisotopic (exact) mass is 726 g/mol. The molecule has 0 bridgehead atoms. The molecule has 12 heteroatoms. The number of carbonyl (C=O) groups excluding carboxylic acids is 5. The molecule has 1 saturated heterocycles. The number of hydrogen-bond acceptors (Lipinski definition) is 6. The molecule has 1 fully saturated rings. The highest BCUT2D eigenvalue weighted by Gasteiger charge is 2.48. The van der Waals surface area contributed by atoms with E-state index in [9.17, 15) is 24.0 Å². The van der Waals surface area contributed by atoms with E-state index in [2.05, 4.69) is 48.6 Å². The van der Waals surface area contributed by atoms with Crippen molar-refractivity contribution in [2.45, 2.75) is 137 Å². The molecule has 0 aromatic heterocycles. The van der Waals surface area contributed by atoms with E-state index in [4.69, 9.17) is 9.84 Å². The Labute approximate surface area is 310 Å². The van der Waals surface area contributed by atoms with E-state index in [1.54, 1.807) is 4.90 Å². The molecule has 1 aromatic rings. The number of hydrogen-bond donors (Lipinski definition) is 4. The van der Waals surface area contributed by atoms with Gasteiger partial charge in [-0.3, -0.25) is 19.2 Å². The van der Waals surface area contributed by atoms with Crippen LogP contribution in [0.25, 0.3) is 0 Å². The van der Waals surface area contributed by atoms with Gasteiger partial charge in [0.15, 0.2) is 0 Å². The van der Waals surface area contributed by atoms with Gasteiger partial charge in [0.05, 0.1) is 11.6 Å². The lowest BCUT2D eigenvalue weighted by Crippen LogP contribution is -2.61. The van der Waals surface area contributed by atoms with Crippen molar-refractivity contribution < 1.29 is 33.8 Å². The van der Waals surface area contributed by atoms with Crippen LogP contribution in [0.4, 0.5) is 4.79 Å². The molecule has 5 amide bonds. The van der Waals surface area contributed by atoms with Gasteiger partial charge in [-0.05, 0) is 80.2 Å². The summed E-state index contributed by atoms with van der Waals surface area (Å²) in [6.45, 7) is 23.3. The number of carbonyl (C=O) groups is 5. The van der Waals surface area contributed by atoms with Crippen LogP contribution in [0.5, 0.6) is 0 Å². The van der Waals surface area contributed by atoms with Crippen molar-refractivity contribution in [2.75, 3.05) is 13.1 Å². The quantitative estimate of drug-likeness (QED) is 0.0986. The van der Waals surface area contributed by atoms with Crippen LogP contribution >= 0.6 is 0 Å². The van der Waals surface area contributed by atoms with E-state index < -0.39 is 65.1 Å². The number of fused-ring (bicyclic) bond motifs is 1. The molecule has 1 aliphatic carbocycles. The Morgan fingerprint density at radius 2 is 1.56 bits per heavy atom. The Kier molecular flexibility index (Phi) is 14.2. The Balaban J connectivity index is 1.96. The van der Waals surface area contributed by atoms with Crippen LogP contribution in [0, 0.1) is 22.7 Å². The van der Waals surface area contributed by atoms with Gasteiger partial charge in [0.25, 0.3) is 12.2 Å². The van der Waals surface area contributed by atoms with Crippen LogP contribution in [-0.2, 0) is 36.8 Å². The number of nitrogens with zero attached hydrogens (tertiary/aromatic N) is 1. The van der Waals surface area contributed by atoms with Gasteiger partial charge in [0.1, 0.15) is 18.1 Å². The average molecular weight is 727 g/mol. The summed E-state index contributed by atoms with van der Waals surface area (Å²) in [6, 6.07) is 3.68. The second kappa shape index (κ2) is 17.4. The van der Waals surface area contributed by atoms with E-state index in [-0.39, 0.29) is 42.7 Å². The fourth-order valence-electron chi connectivity index (χ4n) is 7.10. The normalized spacial score (nSPS) is 20.2. The number of nitrogens with one attached hydrogen (secondary N) is 4. The lowest BCUT2D eigenvalue weighted by atomic mass is 9.79. The van der Waals surface area contributed by atoms with Crippen molar-refractivity contribution in [1.82, 2.24) is 26.2 Å². The predicted molar refractivity (Wildman–Crippen MR) is 202 cm³/mol. The molecule has 0 radical (unpaired) electrons. The topological polar surface area (TPSA) is 169 Å². The fraction of sp³-hybridized carbons (Fsp3) is 0.675. The first-order chi connectivity index (χ1) is 24.1. The van der Waals surface area contributed by atoms with Crippen molar-refractivity contribution in [2.24, 2.45) is 22.7 Å². The van der Waals surface area contributed by atoms with E-state index in [1.807, 2.05) is 72.7 Å². The van der Waals surface area contributed by atoms with Crippen molar-refractivity contribution >= 4 is 29.5 Å². The summed E-state index contributed by atoms with van der Waals surface area (Å²) < 4.78 is 5.94. The van der Waals surface area contributed by atoms with Crippen LogP contribution in [0.15, 0.2) is 36.9 Å². The highest BCUT2D eigenvalue weighted by Crippen LogP contribution is 2.38. The zero-order valence-electron chi connectivity index (χ0n) is 33.0. The molecule has 2 aliphatic rings. The summed E-state index contributed by atoms with van der Waals surface area (Å²) in [5.41, 5.74) is 0.780. The maximum atomic E-state index is 14.9. The van der Waals surface area contributed by atoms with Gasteiger partial charge in [-0.1, -0.05) is 85.2 Å². The summed E-state index contributed by atoms with van der Waals surface area (Å²) in [6.07, 6.45) is 2.67. The Morgan fingerprint density at radius 3 is 2.06 bits per heavy atom. The molecule has 1 heterocycles. The zero-order valence-corrected chi connectivity index (χ0v) is 33.0. The van der Waals surface area contributed by atoms with Gasteiger partial charge in [0.2, 0.25) is 17.6 Å². The Bertz CT molecular complexity index is 1430. The number of ketones is 1. The second-order valence-electron chi connectivity index (χ2n) is 17.5.